The predicted octanol–water partition coefficient (Wildman–Crippen LogP) is 4.31. The van der Waals surface area contributed by atoms with Gasteiger partial charge in [0.15, 0.2) is 0 Å². The first-order chi connectivity index (χ1) is 12.6. The molecule has 3 aromatic rings. The van der Waals surface area contributed by atoms with E-state index in [9.17, 15) is 10.2 Å². The van der Waals surface area contributed by atoms with Crippen LogP contribution in [0.3, 0.4) is 0 Å². The molecule has 3 heteroatoms. The van der Waals surface area contributed by atoms with Crippen molar-refractivity contribution in [1.82, 2.24) is 5.32 Å². The second kappa shape index (κ2) is 8.65. The fourth-order valence-electron chi connectivity index (χ4n) is 3.02. The summed E-state index contributed by atoms with van der Waals surface area (Å²) in [7, 11) is 0. The molecular formula is C23H25NO2. The topological polar surface area (TPSA) is 52.5 Å². The van der Waals surface area contributed by atoms with E-state index >= 15 is 0 Å². The molecular weight excluding hydrogens is 322 g/mol. The molecule has 3 aromatic carbocycles. The minimum Gasteiger partial charge on any atom is -0.508 e. The zero-order valence-electron chi connectivity index (χ0n) is 15.0. The zero-order valence-corrected chi connectivity index (χ0v) is 15.0. The number of rotatable bonds is 7. The molecule has 2 atom stereocenters. The molecule has 0 aromatic heterocycles. The van der Waals surface area contributed by atoms with Crippen molar-refractivity contribution >= 4 is 0 Å². The standard InChI is InChI=1S/C23H25NO2/c1-17(24-16-23(26)21-5-3-2-4-6-21)15-18-7-9-19(10-8-18)20-11-13-22(25)14-12-20/h2-14,17,23-26H,15-16H2,1H3. The van der Waals surface area contributed by atoms with Crippen LogP contribution in [-0.4, -0.2) is 22.8 Å². The van der Waals surface area contributed by atoms with E-state index in [-0.39, 0.29) is 11.8 Å². The number of aliphatic hydroxyl groups is 1. The molecule has 0 spiro atoms. The zero-order chi connectivity index (χ0) is 18.4. The maximum Gasteiger partial charge on any atom is 0.115 e. The number of hydrogen-bond acceptors (Lipinski definition) is 3. The van der Waals surface area contributed by atoms with E-state index in [1.54, 1.807) is 12.1 Å². The molecule has 0 aliphatic rings. The highest BCUT2D eigenvalue weighted by Crippen LogP contribution is 2.22. The first-order valence-electron chi connectivity index (χ1n) is 8.96. The molecule has 2 unspecified atom stereocenters. The normalized spacial score (nSPS) is 13.3. The van der Waals surface area contributed by atoms with Gasteiger partial charge in [-0.1, -0.05) is 66.7 Å². The van der Waals surface area contributed by atoms with Crippen LogP contribution in [0.4, 0.5) is 0 Å². The Morgan fingerprint density at radius 3 is 2.00 bits per heavy atom. The lowest BCUT2D eigenvalue weighted by Crippen LogP contribution is -2.32. The van der Waals surface area contributed by atoms with Gasteiger partial charge in [-0.25, -0.2) is 0 Å². The summed E-state index contributed by atoms with van der Waals surface area (Å²) in [5.41, 5.74) is 4.41. The maximum absolute atomic E-state index is 10.2. The quantitative estimate of drug-likeness (QED) is 0.597. The van der Waals surface area contributed by atoms with Crippen molar-refractivity contribution in [2.75, 3.05) is 6.54 Å². The van der Waals surface area contributed by atoms with Crippen molar-refractivity contribution in [3.8, 4) is 16.9 Å². The fraction of sp³-hybridized carbons (Fsp3) is 0.217. The molecule has 0 heterocycles. The third-order valence-electron chi connectivity index (χ3n) is 4.54. The van der Waals surface area contributed by atoms with Gasteiger partial charge < -0.3 is 15.5 Å². The summed E-state index contributed by atoms with van der Waals surface area (Å²) < 4.78 is 0. The van der Waals surface area contributed by atoms with Crippen molar-refractivity contribution in [2.45, 2.75) is 25.5 Å². The summed E-state index contributed by atoms with van der Waals surface area (Å²) in [6, 6.07) is 25.7. The maximum atomic E-state index is 10.2. The van der Waals surface area contributed by atoms with Crippen LogP contribution in [0.15, 0.2) is 78.9 Å². The molecule has 0 radical (unpaired) electrons. The molecule has 0 fully saturated rings. The number of hydrogen-bond donors (Lipinski definition) is 3. The molecule has 26 heavy (non-hydrogen) atoms. The lowest BCUT2D eigenvalue weighted by atomic mass is 10.0. The summed E-state index contributed by atoms with van der Waals surface area (Å²) in [5, 5.41) is 23.0. The predicted molar refractivity (Wildman–Crippen MR) is 106 cm³/mol. The highest BCUT2D eigenvalue weighted by molar-refractivity contribution is 5.64. The van der Waals surface area contributed by atoms with E-state index in [2.05, 4.69) is 36.5 Å². The van der Waals surface area contributed by atoms with E-state index in [0.29, 0.717) is 6.54 Å². The number of phenols is 1. The van der Waals surface area contributed by atoms with E-state index in [4.69, 9.17) is 0 Å². The van der Waals surface area contributed by atoms with Crippen LogP contribution < -0.4 is 5.32 Å². The summed E-state index contributed by atoms with van der Waals surface area (Å²) in [5.74, 6) is 0.281. The van der Waals surface area contributed by atoms with Crippen molar-refractivity contribution in [2.24, 2.45) is 0 Å². The van der Waals surface area contributed by atoms with Gasteiger partial charge in [0, 0.05) is 12.6 Å². The molecule has 0 bridgehead atoms. The number of aromatic hydroxyl groups is 1. The van der Waals surface area contributed by atoms with Gasteiger partial charge in [-0.15, -0.1) is 0 Å². The Bertz CT molecular complexity index is 798. The summed E-state index contributed by atoms with van der Waals surface area (Å²) in [6.45, 7) is 2.67. The third kappa shape index (κ3) is 4.94. The van der Waals surface area contributed by atoms with Gasteiger partial charge in [-0.2, -0.15) is 0 Å². The Kier molecular flexibility index (Phi) is 6.05. The highest BCUT2D eigenvalue weighted by atomic mass is 16.3. The summed E-state index contributed by atoms with van der Waals surface area (Å²) in [6.07, 6.45) is 0.410. The van der Waals surface area contributed by atoms with Crippen molar-refractivity contribution in [3.63, 3.8) is 0 Å². The Balaban J connectivity index is 1.53. The van der Waals surface area contributed by atoms with Crippen LogP contribution in [0.2, 0.25) is 0 Å². The van der Waals surface area contributed by atoms with Crippen LogP contribution in [0.5, 0.6) is 5.75 Å². The van der Waals surface area contributed by atoms with Crippen LogP contribution in [-0.2, 0) is 6.42 Å². The minimum absolute atomic E-state index is 0.271. The van der Waals surface area contributed by atoms with Crippen LogP contribution >= 0.6 is 0 Å². The minimum atomic E-state index is -0.490. The Morgan fingerprint density at radius 1 is 0.808 bits per heavy atom. The van der Waals surface area contributed by atoms with E-state index in [1.807, 2.05) is 42.5 Å². The van der Waals surface area contributed by atoms with Gasteiger partial charge in [0.2, 0.25) is 0 Å². The number of phenolic OH excluding ortho intramolecular Hbond substituents is 1. The average molecular weight is 347 g/mol. The molecule has 3 rings (SSSR count). The van der Waals surface area contributed by atoms with Crippen molar-refractivity contribution in [1.29, 1.82) is 0 Å². The second-order valence-corrected chi connectivity index (χ2v) is 6.68. The lowest BCUT2D eigenvalue weighted by Gasteiger charge is -2.17. The molecule has 0 amide bonds. The van der Waals surface area contributed by atoms with Gasteiger partial charge in [-0.05, 0) is 47.7 Å². The summed E-state index contributed by atoms with van der Waals surface area (Å²) >= 11 is 0. The van der Waals surface area contributed by atoms with E-state index < -0.39 is 6.10 Å². The third-order valence-corrected chi connectivity index (χ3v) is 4.54. The van der Waals surface area contributed by atoms with Crippen molar-refractivity contribution < 1.29 is 10.2 Å². The molecule has 0 saturated heterocycles. The molecule has 0 saturated carbocycles. The van der Waals surface area contributed by atoms with Crippen LogP contribution in [0, 0.1) is 0 Å². The Morgan fingerprint density at radius 2 is 1.38 bits per heavy atom. The Labute approximate surface area is 155 Å². The van der Waals surface area contributed by atoms with Gasteiger partial charge in [0.1, 0.15) is 5.75 Å². The number of aliphatic hydroxyl groups excluding tert-OH is 1. The van der Waals surface area contributed by atoms with Gasteiger partial charge in [0.05, 0.1) is 6.10 Å². The molecule has 0 aliphatic carbocycles. The highest BCUT2D eigenvalue weighted by Gasteiger charge is 2.09. The molecule has 3 nitrogen and oxygen atoms in total. The Hall–Kier alpha value is -2.62. The molecule has 134 valence electrons. The number of nitrogens with one attached hydrogen (secondary N) is 1. The first kappa shape index (κ1) is 18.2. The molecule has 3 N–H and O–H groups in total. The van der Waals surface area contributed by atoms with E-state index in [1.165, 1.54) is 5.56 Å². The van der Waals surface area contributed by atoms with Crippen LogP contribution in [0.25, 0.3) is 11.1 Å². The molecule has 0 aliphatic heterocycles. The van der Waals surface area contributed by atoms with Crippen LogP contribution in [0.1, 0.15) is 24.2 Å². The van der Waals surface area contributed by atoms with Gasteiger partial charge >= 0.3 is 0 Å². The first-order valence-corrected chi connectivity index (χ1v) is 8.96. The van der Waals surface area contributed by atoms with Gasteiger partial charge in [-0.3, -0.25) is 0 Å². The van der Waals surface area contributed by atoms with E-state index in [0.717, 1.165) is 23.1 Å². The number of benzene rings is 3. The largest absolute Gasteiger partial charge is 0.508 e. The smallest absolute Gasteiger partial charge is 0.115 e. The van der Waals surface area contributed by atoms with Gasteiger partial charge in [0.25, 0.3) is 0 Å². The average Bonchev–Trinajstić information content (AvgIpc) is 2.68. The lowest BCUT2D eigenvalue weighted by molar-refractivity contribution is 0.170. The summed E-state index contributed by atoms with van der Waals surface area (Å²) in [4.78, 5) is 0. The van der Waals surface area contributed by atoms with Crippen molar-refractivity contribution in [3.05, 3.63) is 90.0 Å². The fourth-order valence-corrected chi connectivity index (χ4v) is 3.02. The monoisotopic (exact) mass is 347 g/mol. The second-order valence-electron chi connectivity index (χ2n) is 6.68. The SMILES string of the molecule is CC(Cc1ccc(-c2ccc(O)cc2)cc1)NCC(O)c1ccccc1.